The van der Waals surface area contributed by atoms with Crippen molar-refractivity contribution in [3.63, 3.8) is 0 Å². The molecule has 0 aromatic heterocycles. The van der Waals surface area contributed by atoms with Crippen LogP contribution in [0.3, 0.4) is 0 Å². The van der Waals surface area contributed by atoms with Gasteiger partial charge >= 0.3 is 6.09 Å². The Balaban J connectivity index is 2.43. The van der Waals surface area contributed by atoms with Crippen molar-refractivity contribution in [2.45, 2.75) is 26.4 Å². The van der Waals surface area contributed by atoms with Crippen molar-refractivity contribution in [3.8, 4) is 0 Å². The van der Waals surface area contributed by atoms with Gasteiger partial charge in [0, 0.05) is 18.8 Å². The van der Waals surface area contributed by atoms with Gasteiger partial charge < -0.3 is 10.1 Å². The molecule has 0 radical (unpaired) electrons. The van der Waals surface area contributed by atoms with Crippen LogP contribution in [0.2, 0.25) is 0 Å². The van der Waals surface area contributed by atoms with Gasteiger partial charge in [0.25, 0.3) is 5.69 Å². The van der Waals surface area contributed by atoms with Crippen LogP contribution in [-0.2, 0) is 4.74 Å². The van der Waals surface area contributed by atoms with Crippen LogP contribution in [0.15, 0.2) is 29.3 Å². The molecule has 0 fully saturated rings. The number of aliphatic imine (C=N–C) groups is 1. The minimum Gasteiger partial charge on any atom is -0.444 e. The molecule has 0 saturated carbocycles. The van der Waals surface area contributed by atoms with Crippen LogP contribution in [-0.4, -0.2) is 35.9 Å². The molecule has 7 nitrogen and oxygen atoms in total. The SMILES string of the molecule is CC(C)(C)OC(=O)NCCN=Cc1ccccc1[N+](=O)[O-]. The second kappa shape index (κ2) is 7.37. The number of nitro benzene ring substituents is 1. The Hall–Kier alpha value is -2.44. The minimum absolute atomic E-state index is 0.00125. The van der Waals surface area contributed by atoms with E-state index in [-0.39, 0.29) is 5.69 Å². The quantitative estimate of drug-likeness (QED) is 0.390. The molecular formula is C14H19N3O4. The van der Waals surface area contributed by atoms with Crippen molar-refractivity contribution in [2.75, 3.05) is 13.1 Å². The third kappa shape index (κ3) is 6.51. The molecule has 0 aliphatic rings. The van der Waals surface area contributed by atoms with E-state index >= 15 is 0 Å². The number of benzene rings is 1. The molecule has 1 amide bonds. The highest BCUT2D eigenvalue weighted by atomic mass is 16.6. The van der Waals surface area contributed by atoms with Gasteiger partial charge in [-0.15, -0.1) is 0 Å². The molecule has 0 saturated heterocycles. The summed E-state index contributed by atoms with van der Waals surface area (Å²) in [6.45, 7) is 5.94. The maximum Gasteiger partial charge on any atom is 0.407 e. The number of nitro groups is 1. The molecule has 0 unspecified atom stereocenters. The zero-order valence-electron chi connectivity index (χ0n) is 12.3. The first-order chi connectivity index (χ1) is 9.79. The van der Waals surface area contributed by atoms with Crippen molar-refractivity contribution < 1.29 is 14.5 Å². The van der Waals surface area contributed by atoms with E-state index in [2.05, 4.69) is 10.3 Å². The number of para-hydroxylation sites is 1. The lowest BCUT2D eigenvalue weighted by Gasteiger charge is -2.19. The second-order valence-corrected chi connectivity index (χ2v) is 5.28. The fourth-order valence-electron chi connectivity index (χ4n) is 1.46. The second-order valence-electron chi connectivity index (χ2n) is 5.28. The summed E-state index contributed by atoms with van der Waals surface area (Å²) >= 11 is 0. The number of hydrogen-bond acceptors (Lipinski definition) is 5. The lowest BCUT2D eigenvalue weighted by molar-refractivity contribution is -0.385. The predicted octanol–water partition coefficient (Wildman–Crippen LogP) is 2.54. The largest absolute Gasteiger partial charge is 0.444 e. The summed E-state index contributed by atoms with van der Waals surface area (Å²) in [5.74, 6) is 0. The Bertz CT molecular complexity index is 535. The molecule has 1 rings (SSSR count). The van der Waals surface area contributed by atoms with Crippen molar-refractivity contribution in [3.05, 3.63) is 39.9 Å². The van der Waals surface area contributed by atoms with Crippen molar-refractivity contribution >= 4 is 18.0 Å². The van der Waals surface area contributed by atoms with E-state index < -0.39 is 16.6 Å². The molecule has 0 aliphatic heterocycles. The van der Waals surface area contributed by atoms with Gasteiger partial charge in [0.2, 0.25) is 0 Å². The summed E-state index contributed by atoms with van der Waals surface area (Å²) in [6.07, 6.45) is 0.915. The number of nitrogens with zero attached hydrogens (tertiary/aromatic N) is 2. The lowest BCUT2D eigenvalue weighted by atomic mass is 10.2. The lowest BCUT2D eigenvalue weighted by Crippen LogP contribution is -2.33. The Morgan fingerprint density at radius 2 is 2.10 bits per heavy atom. The first kappa shape index (κ1) is 16.6. The Labute approximate surface area is 123 Å². The number of nitrogens with one attached hydrogen (secondary N) is 1. The average molecular weight is 293 g/mol. The van der Waals surface area contributed by atoms with Gasteiger partial charge in [0.15, 0.2) is 0 Å². The van der Waals surface area contributed by atoms with Gasteiger partial charge in [0.1, 0.15) is 5.60 Å². The van der Waals surface area contributed by atoms with Crippen molar-refractivity contribution in [1.29, 1.82) is 0 Å². The number of carbonyl (C=O) groups is 1. The van der Waals surface area contributed by atoms with Gasteiger partial charge in [-0.05, 0) is 26.8 Å². The predicted molar refractivity (Wildman–Crippen MR) is 79.8 cm³/mol. The van der Waals surface area contributed by atoms with Gasteiger partial charge in [-0.25, -0.2) is 4.79 Å². The summed E-state index contributed by atoms with van der Waals surface area (Å²) in [5.41, 5.74) is -0.112. The molecular weight excluding hydrogens is 274 g/mol. The molecule has 0 aliphatic carbocycles. The summed E-state index contributed by atoms with van der Waals surface area (Å²) in [7, 11) is 0. The van der Waals surface area contributed by atoms with E-state index in [0.717, 1.165) is 0 Å². The maximum absolute atomic E-state index is 11.4. The smallest absolute Gasteiger partial charge is 0.407 e. The van der Waals surface area contributed by atoms with Crippen LogP contribution in [0, 0.1) is 10.1 Å². The topological polar surface area (TPSA) is 93.8 Å². The number of rotatable bonds is 5. The van der Waals surface area contributed by atoms with Crippen molar-refractivity contribution in [1.82, 2.24) is 5.32 Å². The standard InChI is InChI=1S/C14H19N3O4/c1-14(2,3)21-13(18)16-9-8-15-10-11-6-4-5-7-12(11)17(19)20/h4-7,10H,8-9H2,1-3H3,(H,16,18). The van der Waals surface area contributed by atoms with Crippen LogP contribution < -0.4 is 5.32 Å². The molecule has 0 atom stereocenters. The molecule has 1 N–H and O–H groups in total. The van der Waals surface area contributed by atoms with Gasteiger partial charge in [-0.1, -0.05) is 12.1 Å². The maximum atomic E-state index is 11.4. The van der Waals surface area contributed by atoms with Crippen LogP contribution in [0.4, 0.5) is 10.5 Å². The molecule has 0 spiro atoms. The van der Waals surface area contributed by atoms with E-state index in [1.807, 2.05) is 0 Å². The number of carbonyl (C=O) groups excluding carboxylic acids is 1. The molecule has 0 bridgehead atoms. The number of hydrogen-bond donors (Lipinski definition) is 1. The van der Waals surface area contributed by atoms with Gasteiger partial charge in [-0.3, -0.25) is 15.1 Å². The summed E-state index contributed by atoms with van der Waals surface area (Å²) in [6, 6.07) is 6.33. The van der Waals surface area contributed by atoms with E-state index in [0.29, 0.717) is 18.7 Å². The summed E-state index contributed by atoms with van der Waals surface area (Å²) < 4.78 is 5.06. The summed E-state index contributed by atoms with van der Waals surface area (Å²) in [4.78, 5) is 25.8. The molecule has 1 aromatic rings. The van der Waals surface area contributed by atoms with Crippen LogP contribution >= 0.6 is 0 Å². The van der Waals surface area contributed by atoms with Gasteiger partial charge in [0.05, 0.1) is 17.0 Å². The zero-order chi connectivity index (χ0) is 15.9. The Morgan fingerprint density at radius 3 is 2.71 bits per heavy atom. The minimum atomic E-state index is -0.544. The highest BCUT2D eigenvalue weighted by Gasteiger charge is 2.15. The Kier molecular flexibility index (Phi) is 5.83. The summed E-state index contributed by atoms with van der Waals surface area (Å²) in [5, 5.41) is 13.4. The fourth-order valence-corrected chi connectivity index (χ4v) is 1.46. The average Bonchev–Trinajstić information content (AvgIpc) is 2.36. The van der Waals surface area contributed by atoms with Crippen LogP contribution in [0.1, 0.15) is 26.3 Å². The van der Waals surface area contributed by atoms with E-state index in [9.17, 15) is 14.9 Å². The van der Waals surface area contributed by atoms with E-state index in [1.54, 1.807) is 39.0 Å². The molecule has 7 heteroatoms. The first-order valence-corrected chi connectivity index (χ1v) is 6.50. The van der Waals surface area contributed by atoms with Crippen molar-refractivity contribution in [2.24, 2.45) is 4.99 Å². The Morgan fingerprint density at radius 1 is 1.43 bits per heavy atom. The molecule has 21 heavy (non-hydrogen) atoms. The zero-order valence-corrected chi connectivity index (χ0v) is 12.3. The number of amides is 1. The number of alkyl carbamates (subject to hydrolysis) is 1. The van der Waals surface area contributed by atoms with Crippen LogP contribution in [0.5, 0.6) is 0 Å². The normalized spacial score (nSPS) is 11.4. The third-order valence-corrected chi connectivity index (χ3v) is 2.27. The van der Waals surface area contributed by atoms with Crippen LogP contribution in [0.25, 0.3) is 0 Å². The first-order valence-electron chi connectivity index (χ1n) is 6.50. The van der Waals surface area contributed by atoms with E-state index in [4.69, 9.17) is 4.74 Å². The molecule has 114 valence electrons. The molecule has 1 aromatic carbocycles. The molecule has 0 heterocycles. The highest BCUT2D eigenvalue weighted by Crippen LogP contribution is 2.15. The monoisotopic (exact) mass is 293 g/mol. The number of ether oxygens (including phenoxy) is 1. The highest BCUT2D eigenvalue weighted by molar-refractivity contribution is 5.85. The third-order valence-electron chi connectivity index (χ3n) is 2.27. The van der Waals surface area contributed by atoms with Gasteiger partial charge in [-0.2, -0.15) is 0 Å². The fraction of sp³-hybridized carbons (Fsp3) is 0.429. The van der Waals surface area contributed by atoms with E-state index in [1.165, 1.54) is 12.3 Å².